The summed E-state index contributed by atoms with van der Waals surface area (Å²) in [6, 6.07) is 4.66. The number of allylic oxidation sites excluding steroid dienone is 6. The molecule has 0 amide bonds. The normalized spacial score (nSPS) is 32.2. The first kappa shape index (κ1) is 15.7. The molecule has 1 aliphatic heterocycles. The summed E-state index contributed by atoms with van der Waals surface area (Å²) in [5.41, 5.74) is 6.99. The fourth-order valence-corrected chi connectivity index (χ4v) is 5.53. The first-order valence-electron chi connectivity index (χ1n) is 9.43. The van der Waals surface area contributed by atoms with Crippen LogP contribution in [-0.2, 0) is 0 Å². The highest BCUT2D eigenvalue weighted by molar-refractivity contribution is 9.09. The first-order chi connectivity index (χ1) is 12.2. The fourth-order valence-electron chi connectivity index (χ4n) is 4.96. The summed E-state index contributed by atoms with van der Waals surface area (Å²) in [6.07, 6.45) is 18.9. The van der Waals surface area contributed by atoms with Gasteiger partial charge < -0.3 is 4.74 Å². The summed E-state index contributed by atoms with van der Waals surface area (Å²) in [4.78, 5) is 0.250. The van der Waals surface area contributed by atoms with E-state index in [4.69, 9.17) is 4.74 Å². The van der Waals surface area contributed by atoms with E-state index in [-0.39, 0.29) is 10.9 Å². The van der Waals surface area contributed by atoms with Crippen molar-refractivity contribution in [1.29, 1.82) is 0 Å². The summed E-state index contributed by atoms with van der Waals surface area (Å²) in [7, 11) is 0. The Hall–Kier alpha value is -1.54. The Morgan fingerprint density at radius 1 is 1.08 bits per heavy atom. The predicted molar refractivity (Wildman–Crippen MR) is 107 cm³/mol. The van der Waals surface area contributed by atoms with Crippen molar-refractivity contribution in [3.8, 4) is 5.75 Å². The molecule has 1 aromatic rings. The predicted octanol–water partition coefficient (Wildman–Crippen LogP) is 6.24. The van der Waals surface area contributed by atoms with Crippen molar-refractivity contribution in [2.45, 2.75) is 49.5 Å². The summed E-state index contributed by atoms with van der Waals surface area (Å²) in [5, 5.41) is 0. The molecule has 2 heteroatoms. The number of hydrogen-bond donors (Lipinski definition) is 0. The molecule has 1 heterocycles. The van der Waals surface area contributed by atoms with Crippen molar-refractivity contribution in [3.05, 3.63) is 70.9 Å². The Morgan fingerprint density at radius 2 is 1.96 bits per heavy atom. The van der Waals surface area contributed by atoms with E-state index in [1.54, 1.807) is 5.57 Å². The minimum absolute atomic E-state index is 0.106. The Labute approximate surface area is 158 Å². The maximum atomic E-state index is 6.52. The molecule has 5 rings (SSSR count). The molecule has 1 nitrogen and oxygen atoms in total. The van der Waals surface area contributed by atoms with Crippen molar-refractivity contribution in [3.63, 3.8) is 0 Å². The Bertz CT molecular complexity index is 842. The highest BCUT2D eigenvalue weighted by Gasteiger charge is 2.38. The minimum Gasteiger partial charge on any atom is -0.483 e. The number of aryl methyl sites for hydroxylation is 1. The molecule has 0 bridgehead atoms. The van der Waals surface area contributed by atoms with E-state index in [1.807, 2.05) is 0 Å². The lowest BCUT2D eigenvalue weighted by atomic mass is 9.71. The molecule has 1 aromatic carbocycles. The zero-order valence-electron chi connectivity index (χ0n) is 14.5. The van der Waals surface area contributed by atoms with Crippen molar-refractivity contribution >= 4 is 21.5 Å². The molecule has 4 unspecified atom stereocenters. The lowest BCUT2D eigenvalue weighted by Gasteiger charge is -2.34. The molecule has 1 fully saturated rings. The van der Waals surface area contributed by atoms with E-state index in [0.717, 1.165) is 5.75 Å². The third kappa shape index (κ3) is 2.49. The largest absolute Gasteiger partial charge is 0.483 e. The van der Waals surface area contributed by atoms with E-state index >= 15 is 0 Å². The van der Waals surface area contributed by atoms with Crippen LogP contribution in [0.15, 0.2) is 54.2 Å². The molecule has 4 atom stereocenters. The van der Waals surface area contributed by atoms with Gasteiger partial charge in [-0.25, -0.2) is 0 Å². The monoisotopic (exact) mass is 394 g/mol. The van der Waals surface area contributed by atoms with Gasteiger partial charge in [0.25, 0.3) is 0 Å². The van der Waals surface area contributed by atoms with Crippen LogP contribution in [0.25, 0.3) is 5.57 Å². The zero-order valence-corrected chi connectivity index (χ0v) is 16.1. The van der Waals surface area contributed by atoms with Gasteiger partial charge in [-0.05, 0) is 43.7 Å². The smallest absolute Gasteiger partial charge is 0.140 e. The number of ether oxygens (including phenoxy) is 1. The highest BCUT2D eigenvalue weighted by Crippen LogP contribution is 2.51. The molecule has 25 heavy (non-hydrogen) atoms. The fraction of sp³-hybridized carbons (Fsp3) is 0.391. The molecule has 0 radical (unpaired) electrons. The number of benzene rings is 1. The SMILES string of the molecule is Cc1cc2c(c(C3C=CC=C4CCCCC43)c1)OC1C2=CC=CC1Br. The second-order valence-corrected chi connectivity index (χ2v) is 8.78. The van der Waals surface area contributed by atoms with Gasteiger partial charge in [0.05, 0.1) is 4.83 Å². The Kier molecular flexibility index (Phi) is 3.78. The Morgan fingerprint density at radius 3 is 2.88 bits per heavy atom. The number of hydrogen-bond acceptors (Lipinski definition) is 1. The summed E-state index contributed by atoms with van der Waals surface area (Å²) < 4.78 is 6.52. The van der Waals surface area contributed by atoms with Crippen LogP contribution < -0.4 is 4.74 Å². The van der Waals surface area contributed by atoms with E-state index < -0.39 is 0 Å². The van der Waals surface area contributed by atoms with Crippen molar-refractivity contribution in [2.75, 3.05) is 0 Å². The number of rotatable bonds is 1. The lowest BCUT2D eigenvalue weighted by molar-refractivity contribution is 0.279. The quantitative estimate of drug-likeness (QED) is 0.511. The standard InChI is InChI=1S/C23H23BrO/c1-14-12-19(17-9-4-7-15-6-2-3-8-16(15)17)22-20(13-14)18-10-5-11-21(24)23(18)25-22/h4-5,7,9-13,16-17,21,23H,2-3,6,8H2,1H3. The van der Waals surface area contributed by atoms with E-state index in [1.165, 1.54) is 47.9 Å². The van der Waals surface area contributed by atoms with Gasteiger partial charge in [0.2, 0.25) is 0 Å². The third-order valence-electron chi connectivity index (χ3n) is 6.11. The van der Waals surface area contributed by atoms with E-state index in [2.05, 4.69) is 71.4 Å². The third-order valence-corrected chi connectivity index (χ3v) is 6.90. The molecular weight excluding hydrogens is 372 g/mol. The van der Waals surface area contributed by atoms with Gasteiger partial charge in [0.15, 0.2) is 0 Å². The maximum Gasteiger partial charge on any atom is 0.140 e. The topological polar surface area (TPSA) is 9.23 Å². The van der Waals surface area contributed by atoms with Gasteiger partial charge in [-0.1, -0.05) is 70.4 Å². The van der Waals surface area contributed by atoms with Gasteiger partial charge in [-0.2, -0.15) is 0 Å². The van der Waals surface area contributed by atoms with Crippen LogP contribution in [0.5, 0.6) is 5.75 Å². The average Bonchev–Trinajstić information content (AvgIpc) is 3.01. The summed E-state index contributed by atoms with van der Waals surface area (Å²) in [5.74, 6) is 2.23. The summed E-state index contributed by atoms with van der Waals surface area (Å²) >= 11 is 3.77. The first-order valence-corrected chi connectivity index (χ1v) is 10.4. The highest BCUT2D eigenvalue weighted by atomic mass is 79.9. The van der Waals surface area contributed by atoms with Crippen LogP contribution in [0, 0.1) is 12.8 Å². The lowest BCUT2D eigenvalue weighted by Crippen LogP contribution is -2.25. The molecule has 3 aliphatic carbocycles. The van der Waals surface area contributed by atoms with Crippen molar-refractivity contribution in [2.24, 2.45) is 5.92 Å². The minimum atomic E-state index is 0.106. The molecule has 1 saturated carbocycles. The van der Waals surface area contributed by atoms with Crippen molar-refractivity contribution in [1.82, 2.24) is 0 Å². The molecule has 0 aromatic heterocycles. The molecule has 128 valence electrons. The zero-order chi connectivity index (χ0) is 17.0. The van der Waals surface area contributed by atoms with Crippen LogP contribution >= 0.6 is 15.9 Å². The molecule has 0 N–H and O–H groups in total. The molecule has 4 aliphatic rings. The van der Waals surface area contributed by atoms with E-state index in [0.29, 0.717) is 11.8 Å². The summed E-state index contributed by atoms with van der Waals surface area (Å²) in [6.45, 7) is 2.21. The molecule has 0 spiro atoms. The van der Waals surface area contributed by atoms with Gasteiger partial charge in [-0.3, -0.25) is 0 Å². The average molecular weight is 395 g/mol. The number of alkyl halides is 1. The molecular formula is C23H23BrO. The maximum absolute atomic E-state index is 6.52. The van der Waals surface area contributed by atoms with Gasteiger partial charge in [0, 0.05) is 22.6 Å². The van der Waals surface area contributed by atoms with Crippen LogP contribution in [0.2, 0.25) is 0 Å². The van der Waals surface area contributed by atoms with Gasteiger partial charge in [-0.15, -0.1) is 0 Å². The second kappa shape index (κ2) is 6.02. The number of halogens is 1. The van der Waals surface area contributed by atoms with Gasteiger partial charge >= 0.3 is 0 Å². The van der Waals surface area contributed by atoms with E-state index in [9.17, 15) is 0 Å². The van der Waals surface area contributed by atoms with Crippen LogP contribution in [0.4, 0.5) is 0 Å². The second-order valence-electron chi connectivity index (χ2n) is 7.73. The van der Waals surface area contributed by atoms with Crippen LogP contribution in [0.3, 0.4) is 0 Å². The van der Waals surface area contributed by atoms with Crippen LogP contribution in [-0.4, -0.2) is 10.9 Å². The Balaban J connectivity index is 1.62. The number of fused-ring (bicyclic) bond motifs is 4. The van der Waals surface area contributed by atoms with Gasteiger partial charge in [0.1, 0.15) is 11.9 Å². The van der Waals surface area contributed by atoms with Crippen molar-refractivity contribution < 1.29 is 4.74 Å². The molecule has 0 saturated heterocycles. The van der Waals surface area contributed by atoms with Crippen LogP contribution in [0.1, 0.15) is 48.3 Å².